The first-order valence-corrected chi connectivity index (χ1v) is 5.51. The van der Waals surface area contributed by atoms with E-state index in [0.29, 0.717) is 0 Å². The number of rotatable bonds is 6. The average Bonchev–Trinajstić information content (AvgIpc) is 2.02. The maximum Gasteiger partial charge on any atom is 0.423 e. The van der Waals surface area contributed by atoms with Gasteiger partial charge in [0.2, 0.25) is 5.91 Å². The van der Waals surface area contributed by atoms with Crippen LogP contribution >= 0.6 is 7.75 Å². The summed E-state index contributed by atoms with van der Waals surface area (Å²) in [4.78, 5) is 10.5. The molecule has 0 aliphatic heterocycles. The van der Waals surface area contributed by atoms with Crippen molar-refractivity contribution in [3.63, 3.8) is 0 Å². The van der Waals surface area contributed by atoms with E-state index in [4.69, 9.17) is 9.05 Å². The Kier molecular flexibility index (Phi) is 5.90. The van der Waals surface area contributed by atoms with Crippen LogP contribution in [0.5, 0.6) is 0 Å². The maximum atomic E-state index is 11.5. The lowest BCUT2D eigenvalue weighted by Crippen LogP contribution is -2.34. The molecule has 0 aromatic heterocycles. The summed E-state index contributed by atoms with van der Waals surface area (Å²) in [5.74, 6) is -0.361. The van der Waals surface area contributed by atoms with Crippen LogP contribution in [-0.4, -0.2) is 19.1 Å². The molecular weight excluding hydrogens is 195 g/mol. The van der Waals surface area contributed by atoms with Crippen LogP contribution in [0.3, 0.4) is 0 Å². The molecule has 0 aliphatic rings. The number of hydrogen-bond acceptors (Lipinski definition) is 4. The second-order valence-corrected chi connectivity index (χ2v) is 3.86. The number of hydrazine groups is 1. The van der Waals surface area contributed by atoms with Gasteiger partial charge in [-0.15, -0.1) is 5.20 Å². The van der Waals surface area contributed by atoms with Gasteiger partial charge in [-0.2, -0.15) is 0 Å². The molecular formula is C6H15N2O4P. The predicted molar refractivity (Wildman–Crippen MR) is 47.8 cm³/mol. The number of hydrogen-bond donors (Lipinski definition) is 2. The van der Waals surface area contributed by atoms with Gasteiger partial charge in [0.25, 0.3) is 0 Å². The molecule has 1 amide bonds. The van der Waals surface area contributed by atoms with Crippen molar-refractivity contribution < 1.29 is 18.4 Å². The molecule has 0 fully saturated rings. The topological polar surface area (TPSA) is 76.7 Å². The lowest BCUT2D eigenvalue weighted by molar-refractivity contribution is -0.119. The lowest BCUT2D eigenvalue weighted by Gasteiger charge is -2.17. The molecule has 0 spiro atoms. The van der Waals surface area contributed by atoms with E-state index in [1.807, 2.05) is 0 Å². The van der Waals surface area contributed by atoms with E-state index in [0.717, 1.165) is 0 Å². The van der Waals surface area contributed by atoms with Gasteiger partial charge in [0.05, 0.1) is 13.2 Å². The second kappa shape index (κ2) is 6.10. The SMILES string of the molecule is CCOP(=O)(NNC(C)=O)OCC. The summed E-state index contributed by atoms with van der Waals surface area (Å²) in [6.07, 6.45) is 0. The Morgan fingerprint density at radius 3 is 2.08 bits per heavy atom. The molecule has 0 atom stereocenters. The van der Waals surface area contributed by atoms with Crippen LogP contribution < -0.4 is 10.6 Å². The van der Waals surface area contributed by atoms with Gasteiger partial charge in [-0.1, -0.05) is 0 Å². The van der Waals surface area contributed by atoms with E-state index in [2.05, 4.69) is 10.6 Å². The highest BCUT2D eigenvalue weighted by Gasteiger charge is 2.23. The van der Waals surface area contributed by atoms with Gasteiger partial charge in [-0.05, 0) is 13.8 Å². The van der Waals surface area contributed by atoms with Crippen LogP contribution in [-0.2, 0) is 18.4 Å². The van der Waals surface area contributed by atoms with E-state index >= 15 is 0 Å². The minimum absolute atomic E-state index is 0.240. The van der Waals surface area contributed by atoms with Gasteiger partial charge in [0.15, 0.2) is 0 Å². The summed E-state index contributed by atoms with van der Waals surface area (Å²) in [5, 5.41) is 2.21. The minimum atomic E-state index is -3.36. The van der Waals surface area contributed by atoms with E-state index in [1.165, 1.54) is 6.92 Å². The Hall–Kier alpha value is -0.420. The molecule has 2 N–H and O–H groups in total. The van der Waals surface area contributed by atoms with Crippen LogP contribution in [0, 0.1) is 0 Å². The minimum Gasteiger partial charge on any atom is -0.296 e. The highest BCUT2D eigenvalue weighted by atomic mass is 31.2. The van der Waals surface area contributed by atoms with Crippen LogP contribution in [0.2, 0.25) is 0 Å². The van der Waals surface area contributed by atoms with Crippen LogP contribution in [0.4, 0.5) is 0 Å². The molecule has 13 heavy (non-hydrogen) atoms. The van der Waals surface area contributed by atoms with Crippen molar-refractivity contribution in [2.75, 3.05) is 13.2 Å². The normalized spacial score (nSPS) is 11.3. The molecule has 0 radical (unpaired) electrons. The molecule has 78 valence electrons. The zero-order valence-electron chi connectivity index (χ0n) is 7.99. The van der Waals surface area contributed by atoms with Gasteiger partial charge in [-0.3, -0.25) is 19.3 Å². The van der Waals surface area contributed by atoms with Crippen LogP contribution in [0.15, 0.2) is 0 Å². The van der Waals surface area contributed by atoms with Gasteiger partial charge >= 0.3 is 7.75 Å². The first-order chi connectivity index (χ1) is 6.04. The third kappa shape index (κ3) is 5.76. The van der Waals surface area contributed by atoms with Crippen LogP contribution in [0.25, 0.3) is 0 Å². The highest BCUT2D eigenvalue weighted by Crippen LogP contribution is 2.42. The molecule has 0 bridgehead atoms. The Balaban J connectivity index is 4.07. The molecule has 0 aliphatic carbocycles. The van der Waals surface area contributed by atoms with Crippen molar-refractivity contribution in [2.24, 2.45) is 0 Å². The quantitative estimate of drug-likeness (QED) is 0.501. The third-order valence-corrected chi connectivity index (χ3v) is 2.55. The second-order valence-electron chi connectivity index (χ2n) is 2.13. The molecule has 0 aromatic carbocycles. The summed E-state index contributed by atoms with van der Waals surface area (Å²) in [5.41, 5.74) is 2.15. The molecule has 6 nitrogen and oxygen atoms in total. The molecule has 7 heteroatoms. The molecule has 0 heterocycles. The first kappa shape index (κ1) is 12.6. The van der Waals surface area contributed by atoms with Crippen molar-refractivity contribution in [3.05, 3.63) is 0 Å². The summed E-state index contributed by atoms with van der Waals surface area (Å²) in [6, 6.07) is 0. The summed E-state index contributed by atoms with van der Waals surface area (Å²) < 4.78 is 21.2. The van der Waals surface area contributed by atoms with Gasteiger partial charge < -0.3 is 0 Å². The largest absolute Gasteiger partial charge is 0.423 e. The number of carbonyl (C=O) groups excluding carboxylic acids is 1. The van der Waals surface area contributed by atoms with Gasteiger partial charge in [0, 0.05) is 6.92 Å². The zero-order valence-corrected chi connectivity index (χ0v) is 8.89. The Bertz CT molecular complexity index is 199. The fourth-order valence-corrected chi connectivity index (χ4v) is 1.77. The molecule has 0 saturated carbocycles. The summed E-state index contributed by atoms with van der Waals surface area (Å²) in [7, 11) is -3.36. The van der Waals surface area contributed by atoms with Gasteiger partial charge in [-0.25, -0.2) is 4.57 Å². The van der Waals surface area contributed by atoms with E-state index in [1.54, 1.807) is 13.8 Å². The average molecular weight is 210 g/mol. The Morgan fingerprint density at radius 2 is 1.77 bits per heavy atom. The van der Waals surface area contributed by atoms with E-state index in [9.17, 15) is 9.36 Å². The fraction of sp³-hybridized carbons (Fsp3) is 0.833. The first-order valence-electron chi connectivity index (χ1n) is 3.97. The molecule has 0 saturated heterocycles. The number of carbonyl (C=O) groups is 1. The smallest absolute Gasteiger partial charge is 0.296 e. The third-order valence-electron chi connectivity index (χ3n) is 0.967. The predicted octanol–water partition coefficient (Wildman–Crippen LogP) is 0.808. The molecule has 0 rings (SSSR count). The van der Waals surface area contributed by atoms with Crippen molar-refractivity contribution in [1.29, 1.82) is 0 Å². The van der Waals surface area contributed by atoms with Crippen molar-refractivity contribution in [3.8, 4) is 0 Å². The van der Waals surface area contributed by atoms with Crippen molar-refractivity contribution in [1.82, 2.24) is 10.6 Å². The standard InChI is InChI=1S/C6H15N2O4P/c1-4-11-13(10,12-5-2)8-7-6(3)9/h4-5H2,1-3H3,(H,7,9)(H,8,10). The zero-order chi connectivity index (χ0) is 10.3. The van der Waals surface area contributed by atoms with Crippen molar-refractivity contribution in [2.45, 2.75) is 20.8 Å². The summed E-state index contributed by atoms with van der Waals surface area (Å²) >= 11 is 0. The molecule has 0 aromatic rings. The van der Waals surface area contributed by atoms with Gasteiger partial charge in [0.1, 0.15) is 0 Å². The monoisotopic (exact) mass is 210 g/mol. The van der Waals surface area contributed by atoms with Crippen LogP contribution in [0.1, 0.15) is 20.8 Å². The Labute approximate surface area is 77.5 Å². The molecule has 0 unspecified atom stereocenters. The highest BCUT2D eigenvalue weighted by molar-refractivity contribution is 7.51. The van der Waals surface area contributed by atoms with Crippen molar-refractivity contribution >= 4 is 13.7 Å². The summed E-state index contributed by atoms with van der Waals surface area (Å²) in [6.45, 7) is 5.13. The van der Waals surface area contributed by atoms with E-state index < -0.39 is 7.75 Å². The Morgan fingerprint density at radius 1 is 1.31 bits per heavy atom. The number of amides is 1. The lowest BCUT2D eigenvalue weighted by atomic mass is 10.8. The number of nitrogens with one attached hydrogen (secondary N) is 2. The van der Waals surface area contributed by atoms with E-state index in [-0.39, 0.29) is 19.1 Å². The maximum absolute atomic E-state index is 11.5. The fourth-order valence-electron chi connectivity index (χ4n) is 0.589.